The summed E-state index contributed by atoms with van der Waals surface area (Å²) in [7, 11) is 0. The molecule has 1 aromatic heterocycles. The van der Waals surface area contributed by atoms with Crippen LogP contribution in [0.4, 0.5) is 5.69 Å². The Morgan fingerprint density at radius 1 is 1.07 bits per heavy atom. The van der Waals surface area contributed by atoms with Crippen LogP contribution in [0.2, 0.25) is 0 Å². The van der Waals surface area contributed by atoms with E-state index in [4.69, 9.17) is 0 Å². The second kappa shape index (κ2) is 11.2. The maximum Gasteiger partial charge on any atom is 0.250 e. The Morgan fingerprint density at radius 2 is 1.90 bits per heavy atom. The molecule has 0 unspecified atom stereocenters. The van der Waals surface area contributed by atoms with Crippen LogP contribution in [0.15, 0.2) is 58.4 Å². The van der Waals surface area contributed by atoms with Crippen molar-refractivity contribution in [3.63, 3.8) is 0 Å². The molecule has 0 saturated carbocycles. The molecule has 160 valence electrons. The number of rotatable bonds is 9. The summed E-state index contributed by atoms with van der Waals surface area (Å²) in [5, 5.41) is 6.62. The van der Waals surface area contributed by atoms with Crippen LogP contribution in [0.3, 0.4) is 0 Å². The average Bonchev–Trinajstić information content (AvgIpc) is 3.19. The molecule has 1 aromatic carbocycles. The summed E-state index contributed by atoms with van der Waals surface area (Å²) in [5.41, 5.74) is 2.11. The first-order valence-corrected chi connectivity index (χ1v) is 10.7. The first-order chi connectivity index (χ1) is 14.7. The fourth-order valence-corrected chi connectivity index (χ4v) is 3.47. The van der Waals surface area contributed by atoms with Crippen molar-refractivity contribution in [2.45, 2.75) is 45.7 Å². The van der Waals surface area contributed by atoms with Crippen LogP contribution < -0.4 is 21.1 Å². The Hall–Kier alpha value is -3.09. The third-order valence-electron chi connectivity index (χ3n) is 5.10. The van der Waals surface area contributed by atoms with Crippen molar-refractivity contribution in [3.05, 3.63) is 64.6 Å². The largest absolute Gasteiger partial charge is 0.357 e. The lowest BCUT2D eigenvalue weighted by molar-refractivity contribution is -0.117. The quantitative estimate of drug-likeness (QED) is 0.379. The number of benzene rings is 1. The molecule has 0 bridgehead atoms. The molecule has 7 heteroatoms. The lowest BCUT2D eigenvalue weighted by atomic mass is 10.2. The summed E-state index contributed by atoms with van der Waals surface area (Å²) >= 11 is 0. The normalized spacial score (nSPS) is 14.2. The number of hydrogen-bond acceptors (Lipinski definition) is 3. The molecule has 3 rings (SSSR count). The highest BCUT2D eigenvalue weighted by atomic mass is 16.2. The fourth-order valence-electron chi connectivity index (χ4n) is 3.47. The van der Waals surface area contributed by atoms with Crippen molar-refractivity contribution in [2.24, 2.45) is 4.99 Å². The summed E-state index contributed by atoms with van der Waals surface area (Å²) in [5.74, 6) is 0.990. The molecule has 1 saturated heterocycles. The van der Waals surface area contributed by atoms with Crippen LogP contribution >= 0.6 is 0 Å². The number of aryl methyl sites for hydroxylation is 1. The lowest BCUT2D eigenvalue weighted by Crippen LogP contribution is -2.37. The van der Waals surface area contributed by atoms with Gasteiger partial charge in [-0.1, -0.05) is 18.2 Å². The number of nitrogens with zero attached hydrogens (tertiary/aromatic N) is 3. The third kappa shape index (κ3) is 6.20. The predicted octanol–water partition coefficient (Wildman–Crippen LogP) is 2.51. The van der Waals surface area contributed by atoms with E-state index in [0.717, 1.165) is 62.7 Å². The molecule has 2 heterocycles. The number of nitrogens with one attached hydrogen (secondary N) is 2. The van der Waals surface area contributed by atoms with Crippen LogP contribution in [0, 0.1) is 0 Å². The number of carbonyl (C=O) groups is 1. The Morgan fingerprint density at radius 3 is 2.60 bits per heavy atom. The molecular formula is C23H31N5O2. The number of unbranched alkanes of at least 4 members (excludes halogenated alkanes) is 1. The van der Waals surface area contributed by atoms with Crippen molar-refractivity contribution in [1.29, 1.82) is 0 Å². The third-order valence-corrected chi connectivity index (χ3v) is 5.10. The number of aromatic nitrogens is 1. The van der Waals surface area contributed by atoms with Crippen molar-refractivity contribution in [1.82, 2.24) is 15.2 Å². The van der Waals surface area contributed by atoms with Gasteiger partial charge >= 0.3 is 0 Å². The lowest BCUT2D eigenvalue weighted by Gasteiger charge is -2.16. The van der Waals surface area contributed by atoms with Crippen molar-refractivity contribution in [2.75, 3.05) is 24.5 Å². The van der Waals surface area contributed by atoms with E-state index in [2.05, 4.69) is 15.6 Å². The van der Waals surface area contributed by atoms with Gasteiger partial charge in [-0.3, -0.25) is 9.59 Å². The minimum absolute atomic E-state index is 0.0421. The molecule has 1 aliphatic rings. The topological polar surface area (TPSA) is 78.7 Å². The summed E-state index contributed by atoms with van der Waals surface area (Å²) in [4.78, 5) is 30.1. The Bertz CT molecular complexity index is 904. The van der Waals surface area contributed by atoms with E-state index >= 15 is 0 Å². The number of carbonyl (C=O) groups excluding carboxylic acids is 1. The highest BCUT2D eigenvalue weighted by molar-refractivity contribution is 5.95. The van der Waals surface area contributed by atoms with Gasteiger partial charge in [-0.15, -0.1) is 0 Å². The van der Waals surface area contributed by atoms with Gasteiger partial charge in [-0.25, -0.2) is 4.99 Å². The molecule has 1 fully saturated rings. The fraction of sp³-hybridized carbons (Fsp3) is 0.435. The van der Waals surface area contributed by atoms with Crippen molar-refractivity contribution >= 4 is 17.6 Å². The van der Waals surface area contributed by atoms with Gasteiger partial charge in [-0.05, 0) is 49.9 Å². The average molecular weight is 410 g/mol. The molecule has 2 N–H and O–H groups in total. The zero-order valence-electron chi connectivity index (χ0n) is 17.6. The number of anilines is 1. The number of aliphatic imine (C=N–C) groups is 1. The number of guanidine groups is 1. The van der Waals surface area contributed by atoms with E-state index in [1.165, 1.54) is 0 Å². The van der Waals surface area contributed by atoms with E-state index in [0.29, 0.717) is 13.0 Å². The van der Waals surface area contributed by atoms with Crippen molar-refractivity contribution < 1.29 is 4.79 Å². The molecule has 30 heavy (non-hydrogen) atoms. The van der Waals surface area contributed by atoms with E-state index in [1.54, 1.807) is 16.7 Å². The smallest absolute Gasteiger partial charge is 0.250 e. The van der Waals surface area contributed by atoms with Crippen LogP contribution in [0.25, 0.3) is 0 Å². The zero-order valence-corrected chi connectivity index (χ0v) is 17.6. The molecule has 7 nitrogen and oxygen atoms in total. The van der Waals surface area contributed by atoms with Gasteiger partial charge in [-0.2, -0.15) is 0 Å². The first-order valence-electron chi connectivity index (χ1n) is 10.7. The second-order valence-corrected chi connectivity index (χ2v) is 7.38. The summed E-state index contributed by atoms with van der Waals surface area (Å²) in [6, 6.07) is 13.3. The minimum atomic E-state index is 0.0421. The maximum atomic E-state index is 11.9. The van der Waals surface area contributed by atoms with E-state index in [9.17, 15) is 9.59 Å². The predicted molar refractivity (Wildman–Crippen MR) is 121 cm³/mol. The number of pyridine rings is 1. The highest BCUT2D eigenvalue weighted by Gasteiger charge is 2.21. The van der Waals surface area contributed by atoms with Gasteiger partial charge < -0.3 is 20.1 Å². The molecule has 1 amide bonds. The van der Waals surface area contributed by atoms with E-state index in [-0.39, 0.29) is 11.5 Å². The van der Waals surface area contributed by atoms with Gasteiger partial charge in [0.05, 0.1) is 6.54 Å². The molecule has 0 spiro atoms. The van der Waals surface area contributed by atoms with E-state index in [1.807, 2.05) is 48.4 Å². The van der Waals surface area contributed by atoms with Gasteiger partial charge in [0, 0.05) is 50.6 Å². The standard InChI is InChI=1S/C23H31N5O2/c1-2-24-23(25-14-4-6-16-27-15-5-3-8-21(27)29)26-18-19-10-12-20(13-11-19)28-17-7-9-22(28)30/h3,5,8,10-13,15H,2,4,6-7,9,14,16-18H2,1H3,(H2,24,25,26). The van der Waals surface area contributed by atoms with Crippen LogP contribution in [-0.2, 0) is 17.9 Å². The van der Waals surface area contributed by atoms with Crippen LogP contribution in [-0.4, -0.2) is 36.1 Å². The molecular weight excluding hydrogens is 378 g/mol. The van der Waals surface area contributed by atoms with E-state index < -0.39 is 0 Å². The molecule has 0 atom stereocenters. The SMILES string of the molecule is CCNC(=NCc1ccc(N2CCCC2=O)cc1)NCCCCn1ccccc1=O. The van der Waals surface area contributed by atoms with Gasteiger partial charge in [0.25, 0.3) is 0 Å². The number of hydrogen-bond donors (Lipinski definition) is 2. The molecule has 2 aromatic rings. The van der Waals surface area contributed by atoms with Gasteiger partial charge in [0.15, 0.2) is 5.96 Å². The Labute approximate surface area is 177 Å². The molecule has 0 aliphatic carbocycles. The van der Waals surface area contributed by atoms with Gasteiger partial charge in [0.1, 0.15) is 0 Å². The summed E-state index contributed by atoms with van der Waals surface area (Å²) in [6.07, 6.45) is 5.28. The van der Waals surface area contributed by atoms with Crippen LogP contribution in [0.5, 0.6) is 0 Å². The summed E-state index contributed by atoms with van der Waals surface area (Å²) in [6.45, 7) is 5.74. The second-order valence-electron chi connectivity index (χ2n) is 7.38. The van der Waals surface area contributed by atoms with Gasteiger partial charge in [0.2, 0.25) is 11.5 Å². The monoisotopic (exact) mass is 409 g/mol. The molecule has 0 radical (unpaired) electrons. The first kappa shape index (κ1) is 21.6. The van der Waals surface area contributed by atoms with Crippen LogP contribution in [0.1, 0.15) is 38.2 Å². The zero-order chi connectivity index (χ0) is 21.2. The summed E-state index contributed by atoms with van der Waals surface area (Å²) < 4.78 is 1.73. The Balaban J connectivity index is 1.45. The minimum Gasteiger partial charge on any atom is -0.357 e. The Kier molecular flexibility index (Phi) is 8.06. The van der Waals surface area contributed by atoms with Crippen molar-refractivity contribution in [3.8, 4) is 0 Å². The number of amides is 1. The maximum absolute atomic E-state index is 11.9. The molecule has 1 aliphatic heterocycles. The highest BCUT2D eigenvalue weighted by Crippen LogP contribution is 2.21.